The van der Waals surface area contributed by atoms with Crippen molar-refractivity contribution in [3.63, 3.8) is 0 Å². The molecule has 3 rings (SSSR count). The highest BCUT2D eigenvalue weighted by atomic mass is 19.1. The van der Waals surface area contributed by atoms with Crippen LogP contribution in [0.4, 0.5) is 10.2 Å². The third kappa shape index (κ3) is 2.00. The van der Waals surface area contributed by atoms with Gasteiger partial charge in [-0.25, -0.2) is 14.4 Å². The first-order valence-corrected chi connectivity index (χ1v) is 6.45. The molecule has 10 heteroatoms. The fourth-order valence-corrected chi connectivity index (χ4v) is 2.57. The number of fused-ring (bicyclic) bond motifs is 1. The molecule has 1 aliphatic heterocycles. The summed E-state index contributed by atoms with van der Waals surface area (Å²) in [5.74, 6) is -0.742. The number of nitrogens with zero attached hydrogens (tertiary/aromatic N) is 3. The normalized spacial score (nSPS) is 28.3. The van der Waals surface area contributed by atoms with E-state index in [0.29, 0.717) is 0 Å². The van der Waals surface area contributed by atoms with Crippen molar-refractivity contribution in [1.82, 2.24) is 14.5 Å². The summed E-state index contributed by atoms with van der Waals surface area (Å²) in [4.78, 5) is 19.3. The first-order chi connectivity index (χ1) is 10.5. The number of hydrogen-bond donors (Lipinski definition) is 4. The zero-order valence-electron chi connectivity index (χ0n) is 11.3. The van der Waals surface area contributed by atoms with Gasteiger partial charge >= 0.3 is 0 Å². The van der Waals surface area contributed by atoms with Crippen LogP contribution in [-0.4, -0.2) is 55.6 Å². The molecule has 2 aromatic rings. The second-order valence-corrected chi connectivity index (χ2v) is 4.95. The van der Waals surface area contributed by atoms with E-state index in [4.69, 9.17) is 21.3 Å². The van der Waals surface area contributed by atoms with Crippen LogP contribution in [0.15, 0.2) is 12.5 Å². The van der Waals surface area contributed by atoms with E-state index in [1.807, 2.05) is 0 Å². The summed E-state index contributed by atoms with van der Waals surface area (Å²) in [5, 5.41) is 19.2. The van der Waals surface area contributed by atoms with Gasteiger partial charge in [0.15, 0.2) is 12.4 Å². The maximum atomic E-state index is 13.9. The van der Waals surface area contributed by atoms with E-state index < -0.39 is 37.1 Å². The number of aliphatic hydroxyl groups is 2. The molecule has 4 atom stereocenters. The van der Waals surface area contributed by atoms with E-state index in [9.17, 15) is 14.3 Å². The molecule has 1 fully saturated rings. The Balaban J connectivity index is 2.16. The number of halogens is 1. The molecule has 0 radical (unpaired) electrons. The highest BCUT2D eigenvalue weighted by Gasteiger charge is 2.45. The molecular formula is C12H14FN5O4. The van der Waals surface area contributed by atoms with Gasteiger partial charge < -0.3 is 31.0 Å². The van der Waals surface area contributed by atoms with Gasteiger partial charge in [-0.05, 0) is 0 Å². The summed E-state index contributed by atoms with van der Waals surface area (Å²) >= 11 is 0. The van der Waals surface area contributed by atoms with Crippen LogP contribution in [0.5, 0.6) is 0 Å². The predicted octanol–water partition coefficient (Wildman–Crippen LogP) is -1.30. The van der Waals surface area contributed by atoms with Gasteiger partial charge in [-0.3, -0.25) is 4.79 Å². The number of hydrogen-bond acceptors (Lipinski definition) is 7. The number of primary amides is 1. The van der Waals surface area contributed by atoms with Crippen LogP contribution in [0.3, 0.4) is 0 Å². The molecule has 1 aliphatic rings. The first kappa shape index (κ1) is 14.6. The Morgan fingerprint density at radius 1 is 1.50 bits per heavy atom. The molecule has 0 unspecified atom stereocenters. The van der Waals surface area contributed by atoms with Crippen LogP contribution in [0.25, 0.3) is 11.0 Å². The molecule has 118 valence electrons. The lowest BCUT2D eigenvalue weighted by atomic mass is 10.1. The van der Waals surface area contributed by atoms with Gasteiger partial charge in [0.25, 0.3) is 5.91 Å². The summed E-state index contributed by atoms with van der Waals surface area (Å²) in [7, 11) is 0. The van der Waals surface area contributed by atoms with Crippen LogP contribution in [0, 0.1) is 0 Å². The molecule has 9 nitrogen and oxygen atoms in total. The number of ether oxygens (including phenoxy) is 1. The molecule has 3 heterocycles. The summed E-state index contributed by atoms with van der Waals surface area (Å²) in [5.41, 5.74) is 11.2. The molecule has 0 aliphatic carbocycles. The van der Waals surface area contributed by atoms with E-state index in [1.165, 1.54) is 10.8 Å². The standard InChI is InChI=1S/C12H14FN5O4/c13-7-5(2-19)22-12(8(7)20)18-1-4(10(15)21)6-9(14)16-3-17-11(6)18/h1,3,5,7-8,12,19-20H,2H2,(H2,15,21)(H2,14,16,17)/t5-,7-,8-,12-/m0/s1. The summed E-state index contributed by atoms with van der Waals surface area (Å²) in [6, 6.07) is 0. The van der Waals surface area contributed by atoms with Crippen molar-refractivity contribution < 1.29 is 24.1 Å². The van der Waals surface area contributed by atoms with Crippen molar-refractivity contribution in [2.45, 2.75) is 24.6 Å². The van der Waals surface area contributed by atoms with Gasteiger partial charge in [0, 0.05) is 6.20 Å². The molecule has 1 amide bonds. The maximum absolute atomic E-state index is 13.9. The monoisotopic (exact) mass is 311 g/mol. The van der Waals surface area contributed by atoms with Crippen LogP contribution >= 0.6 is 0 Å². The maximum Gasteiger partial charge on any atom is 0.251 e. The lowest BCUT2D eigenvalue weighted by Gasteiger charge is -2.16. The van der Waals surface area contributed by atoms with E-state index in [-0.39, 0.29) is 22.4 Å². The zero-order chi connectivity index (χ0) is 16.0. The molecule has 1 saturated heterocycles. The van der Waals surface area contributed by atoms with Crippen molar-refractivity contribution in [3.05, 3.63) is 18.1 Å². The lowest BCUT2D eigenvalue weighted by molar-refractivity contribution is -0.0493. The Morgan fingerprint density at radius 2 is 2.23 bits per heavy atom. The highest BCUT2D eigenvalue weighted by molar-refractivity contribution is 6.08. The fraction of sp³-hybridized carbons (Fsp3) is 0.417. The molecule has 22 heavy (non-hydrogen) atoms. The summed E-state index contributed by atoms with van der Waals surface area (Å²) in [6.07, 6.45) is -3.21. The zero-order valence-corrected chi connectivity index (χ0v) is 11.3. The summed E-state index contributed by atoms with van der Waals surface area (Å²) in [6.45, 7) is -0.590. The van der Waals surface area contributed by atoms with Crippen molar-refractivity contribution in [2.75, 3.05) is 12.3 Å². The Morgan fingerprint density at radius 3 is 2.82 bits per heavy atom. The van der Waals surface area contributed by atoms with Gasteiger partial charge in [0.2, 0.25) is 0 Å². The molecule has 6 N–H and O–H groups in total. The number of carbonyl (C=O) groups is 1. The molecule has 0 saturated carbocycles. The lowest BCUT2D eigenvalue weighted by Crippen LogP contribution is -2.29. The van der Waals surface area contributed by atoms with Crippen molar-refractivity contribution in [2.24, 2.45) is 5.73 Å². The van der Waals surface area contributed by atoms with Crippen LogP contribution < -0.4 is 11.5 Å². The largest absolute Gasteiger partial charge is 0.394 e. The predicted molar refractivity (Wildman–Crippen MR) is 72.4 cm³/mol. The highest BCUT2D eigenvalue weighted by Crippen LogP contribution is 2.35. The van der Waals surface area contributed by atoms with E-state index in [1.54, 1.807) is 0 Å². The Kier molecular flexibility index (Phi) is 3.43. The van der Waals surface area contributed by atoms with E-state index >= 15 is 0 Å². The van der Waals surface area contributed by atoms with Gasteiger partial charge in [-0.2, -0.15) is 0 Å². The number of aromatic nitrogens is 3. The van der Waals surface area contributed by atoms with Gasteiger partial charge in [-0.15, -0.1) is 0 Å². The molecule has 2 aromatic heterocycles. The quantitative estimate of drug-likeness (QED) is 0.550. The molecule has 0 spiro atoms. The van der Waals surface area contributed by atoms with Crippen molar-refractivity contribution in [3.8, 4) is 0 Å². The first-order valence-electron chi connectivity index (χ1n) is 6.45. The average Bonchev–Trinajstić information content (AvgIpc) is 3.00. The number of nitrogen functional groups attached to an aromatic ring is 1. The molecular weight excluding hydrogens is 297 g/mol. The fourth-order valence-electron chi connectivity index (χ4n) is 2.57. The minimum absolute atomic E-state index is 0.0283. The number of rotatable bonds is 3. The topological polar surface area (TPSA) is 150 Å². The van der Waals surface area contributed by atoms with Crippen LogP contribution in [0.1, 0.15) is 16.6 Å². The van der Waals surface area contributed by atoms with Gasteiger partial charge in [0.1, 0.15) is 30.0 Å². The van der Waals surface area contributed by atoms with Crippen LogP contribution in [-0.2, 0) is 4.74 Å². The second-order valence-electron chi connectivity index (χ2n) is 4.95. The number of aliphatic hydroxyl groups excluding tert-OH is 2. The second kappa shape index (κ2) is 5.16. The number of anilines is 1. The Hall–Kier alpha value is -2.30. The SMILES string of the molecule is NC(=O)c1cn([C@H]2O[C@@H](CO)[C@H](F)[C@@H]2O)c2ncnc(N)c12. The number of nitrogens with two attached hydrogens (primary N) is 2. The van der Waals surface area contributed by atoms with Crippen molar-refractivity contribution in [1.29, 1.82) is 0 Å². The minimum atomic E-state index is -1.77. The average molecular weight is 311 g/mol. The number of amides is 1. The smallest absolute Gasteiger partial charge is 0.251 e. The van der Waals surface area contributed by atoms with E-state index in [2.05, 4.69) is 9.97 Å². The Labute approximate surface area is 123 Å². The van der Waals surface area contributed by atoms with Crippen LogP contribution in [0.2, 0.25) is 0 Å². The minimum Gasteiger partial charge on any atom is -0.394 e. The number of alkyl halides is 1. The van der Waals surface area contributed by atoms with Gasteiger partial charge in [0.05, 0.1) is 17.6 Å². The molecule has 0 aromatic carbocycles. The summed E-state index contributed by atoms with van der Waals surface area (Å²) < 4.78 is 20.4. The van der Waals surface area contributed by atoms with Crippen molar-refractivity contribution >= 4 is 22.8 Å². The molecule has 0 bridgehead atoms. The Bertz CT molecular complexity index is 736. The third-order valence-corrected chi connectivity index (χ3v) is 3.65. The van der Waals surface area contributed by atoms with Gasteiger partial charge in [-0.1, -0.05) is 0 Å². The third-order valence-electron chi connectivity index (χ3n) is 3.65. The number of carbonyl (C=O) groups excluding carboxylic acids is 1. The van der Waals surface area contributed by atoms with E-state index in [0.717, 1.165) is 6.33 Å².